The normalized spacial score (nSPS) is 10.4. The Kier molecular flexibility index (Phi) is 2.11. The number of pyridine rings is 1. The topological polar surface area (TPSA) is 73.6 Å². The zero-order valence-corrected chi connectivity index (χ0v) is 7.25. The number of hydrogen-bond donors (Lipinski definition) is 3. The molecule has 5 heteroatoms. The molecule has 3 N–H and O–H groups in total. The summed E-state index contributed by atoms with van der Waals surface area (Å²) in [7, 11) is -1.69. The van der Waals surface area contributed by atoms with Crippen molar-refractivity contribution < 1.29 is 15.2 Å². The lowest BCUT2D eigenvalue weighted by atomic mass is 9.77. The summed E-state index contributed by atoms with van der Waals surface area (Å²) < 4.78 is 0. The lowest BCUT2D eigenvalue weighted by Gasteiger charge is -2.06. The summed E-state index contributed by atoms with van der Waals surface area (Å²) in [6.07, 6.45) is 3.09. The minimum absolute atomic E-state index is 0.0931. The third-order valence-corrected chi connectivity index (χ3v) is 2.10. The molecule has 1 heterocycles. The molecule has 0 saturated heterocycles. The lowest BCUT2D eigenvalue weighted by molar-refractivity contribution is 0.420. The summed E-state index contributed by atoms with van der Waals surface area (Å²) in [6, 6.07) is 4.86. The smallest absolute Gasteiger partial charge is 0.492 e. The highest BCUT2D eigenvalue weighted by molar-refractivity contribution is 6.63. The van der Waals surface area contributed by atoms with Crippen molar-refractivity contribution in [3.05, 3.63) is 30.6 Å². The van der Waals surface area contributed by atoms with Gasteiger partial charge in [0.1, 0.15) is 5.75 Å². The van der Waals surface area contributed by atoms with Crippen LogP contribution < -0.4 is 5.46 Å². The average molecular weight is 189 g/mol. The van der Waals surface area contributed by atoms with E-state index in [-0.39, 0.29) is 11.2 Å². The number of phenols is 1. The van der Waals surface area contributed by atoms with Crippen molar-refractivity contribution in [1.29, 1.82) is 0 Å². The average Bonchev–Trinajstić information content (AvgIpc) is 2.17. The Morgan fingerprint density at radius 3 is 2.64 bits per heavy atom. The number of aromatic hydroxyl groups is 1. The quantitative estimate of drug-likeness (QED) is 0.534. The van der Waals surface area contributed by atoms with Crippen LogP contribution in [0.5, 0.6) is 5.75 Å². The van der Waals surface area contributed by atoms with Crippen molar-refractivity contribution >= 4 is 23.4 Å². The molecule has 0 aliphatic carbocycles. The van der Waals surface area contributed by atoms with E-state index in [4.69, 9.17) is 10.0 Å². The van der Waals surface area contributed by atoms with Crippen LogP contribution in [0.3, 0.4) is 0 Å². The zero-order valence-electron chi connectivity index (χ0n) is 7.25. The predicted molar refractivity (Wildman–Crippen MR) is 53.2 cm³/mol. The fourth-order valence-corrected chi connectivity index (χ4v) is 1.44. The Hall–Kier alpha value is -1.59. The van der Waals surface area contributed by atoms with Gasteiger partial charge in [-0.15, -0.1) is 0 Å². The molecule has 2 rings (SSSR count). The number of fused-ring (bicyclic) bond motifs is 1. The highest BCUT2D eigenvalue weighted by Crippen LogP contribution is 2.16. The van der Waals surface area contributed by atoms with Crippen LogP contribution in [-0.4, -0.2) is 27.3 Å². The van der Waals surface area contributed by atoms with E-state index in [0.29, 0.717) is 5.39 Å². The van der Waals surface area contributed by atoms with E-state index in [0.717, 1.165) is 5.39 Å². The summed E-state index contributed by atoms with van der Waals surface area (Å²) in [5, 5.41) is 28.9. The van der Waals surface area contributed by atoms with Gasteiger partial charge in [-0.05, 0) is 17.5 Å². The van der Waals surface area contributed by atoms with Gasteiger partial charge in [-0.25, -0.2) is 0 Å². The van der Waals surface area contributed by atoms with Gasteiger partial charge in [-0.1, -0.05) is 6.07 Å². The molecule has 0 bridgehead atoms. The van der Waals surface area contributed by atoms with Crippen molar-refractivity contribution in [2.75, 3.05) is 0 Å². The highest BCUT2D eigenvalue weighted by Gasteiger charge is 2.19. The molecule has 1 aromatic carbocycles. The molecule has 0 fully saturated rings. The number of nitrogens with zero attached hydrogens (tertiary/aromatic N) is 1. The molecule has 70 valence electrons. The first-order chi connectivity index (χ1) is 6.70. The molecule has 2 aromatic rings. The maximum atomic E-state index is 9.43. The van der Waals surface area contributed by atoms with Crippen molar-refractivity contribution in [2.45, 2.75) is 0 Å². The van der Waals surface area contributed by atoms with Crippen molar-refractivity contribution in [2.24, 2.45) is 0 Å². The first-order valence-corrected chi connectivity index (χ1v) is 4.12. The van der Waals surface area contributed by atoms with Crippen LogP contribution in [0.15, 0.2) is 30.6 Å². The maximum Gasteiger partial charge on any atom is 0.492 e. The summed E-state index contributed by atoms with van der Waals surface area (Å²) >= 11 is 0. The summed E-state index contributed by atoms with van der Waals surface area (Å²) in [4.78, 5) is 3.86. The molecule has 0 aliphatic rings. The van der Waals surface area contributed by atoms with E-state index in [1.54, 1.807) is 18.3 Å². The third kappa shape index (κ3) is 1.32. The minimum Gasteiger partial charge on any atom is -0.508 e. The molecule has 0 amide bonds. The monoisotopic (exact) mass is 189 g/mol. The van der Waals surface area contributed by atoms with E-state index in [2.05, 4.69) is 4.98 Å². The molecule has 0 radical (unpaired) electrons. The lowest BCUT2D eigenvalue weighted by Crippen LogP contribution is -2.30. The van der Waals surface area contributed by atoms with Crippen LogP contribution in [-0.2, 0) is 0 Å². The second kappa shape index (κ2) is 3.28. The van der Waals surface area contributed by atoms with Crippen molar-refractivity contribution in [3.63, 3.8) is 0 Å². The van der Waals surface area contributed by atoms with Gasteiger partial charge in [0.05, 0.1) is 0 Å². The van der Waals surface area contributed by atoms with Crippen LogP contribution in [0.2, 0.25) is 0 Å². The van der Waals surface area contributed by atoms with Gasteiger partial charge in [0.25, 0.3) is 0 Å². The molecule has 0 unspecified atom stereocenters. The van der Waals surface area contributed by atoms with Crippen LogP contribution in [0.1, 0.15) is 0 Å². The van der Waals surface area contributed by atoms with Gasteiger partial charge >= 0.3 is 7.12 Å². The van der Waals surface area contributed by atoms with Crippen LogP contribution in [0.4, 0.5) is 0 Å². The van der Waals surface area contributed by atoms with Gasteiger partial charge in [0.2, 0.25) is 0 Å². The molecule has 0 saturated carbocycles. The van der Waals surface area contributed by atoms with Gasteiger partial charge in [-0.3, -0.25) is 4.98 Å². The number of benzene rings is 1. The van der Waals surface area contributed by atoms with Crippen LogP contribution in [0.25, 0.3) is 10.8 Å². The fraction of sp³-hybridized carbons (Fsp3) is 0. The SMILES string of the molecule is OB(O)c1c(O)ccc2ccncc12. The Balaban J connectivity index is 2.83. The Labute approximate surface area is 80.6 Å². The molecule has 1 aromatic heterocycles. The second-order valence-corrected chi connectivity index (χ2v) is 2.97. The maximum absolute atomic E-state index is 9.43. The van der Waals surface area contributed by atoms with E-state index in [1.165, 1.54) is 12.3 Å². The molecule has 14 heavy (non-hydrogen) atoms. The van der Waals surface area contributed by atoms with Gasteiger partial charge in [0.15, 0.2) is 0 Å². The van der Waals surface area contributed by atoms with Crippen LogP contribution in [0, 0.1) is 0 Å². The molecule has 4 nitrogen and oxygen atoms in total. The van der Waals surface area contributed by atoms with Crippen molar-refractivity contribution in [3.8, 4) is 5.75 Å². The van der Waals surface area contributed by atoms with Gasteiger partial charge in [0, 0.05) is 23.2 Å². The van der Waals surface area contributed by atoms with Gasteiger partial charge in [-0.2, -0.15) is 0 Å². The molecule has 0 atom stereocenters. The first kappa shape index (κ1) is 8.99. The number of aromatic nitrogens is 1. The Morgan fingerprint density at radius 2 is 1.93 bits per heavy atom. The second-order valence-electron chi connectivity index (χ2n) is 2.97. The van der Waals surface area contributed by atoms with Crippen LogP contribution >= 0.6 is 0 Å². The molecular weight excluding hydrogens is 181 g/mol. The number of phenolic OH excluding ortho intramolecular Hbond substituents is 1. The fourth-order valence-electron chi connectivity index (χ4n) is 1.44. The van der Waals surface area contributed by atoms with Gasteiger partial charge < -0.3 is 15.2 Å². The molecular formula is C9H8BNO3. The van der Waals surface area contributed by atoms with E-state index < -0.39 is 7.12 Å². The largest absolute Gasteiger partial charge is 0.508 e. The molecule has 0 spiro atoms. The summed E-state index contributed by atoms with van der Waals surface area (Å²) in [5.74, 6) is -0.138. The Morgan fingerprint density at radius 1 is 1.14 bits per heavy atom. The van der Waals surface area contributed by atoms with Crippen molar-refractivity contribution in [1.82, 2.24) is 4.98 Å². The number of rotatable bonds is 1. The third-order valence-electron chi connectivity index (χ3n) is 2.10. The summed E-state index contributed by atoms with van der Waals surface area (Å²) in [5.41, 5.74) is 0.0931. The highest BCUT2D eigenvalue weighted by atomic mass is 16.4. The standard InChI is InChI=1S/C9H8BNO3/c12-8-2-1-6-3-4-11-5-7(6)9(8)10(13)14/h1-5,12-14H. The van der Waals surface area contributed by atoms with E-state index >= 15 is 0 Å². The minimum atomic E-state index is -1.69. The summed E-state index contributed by atoms with van der Waals surface area (Å²) in [6.45, 7) is 0. The van der Waals surface area contributed by atoms with E-state index in [1.807, 2.05) is 0 Å². The zero-order chi connectivity index (χ0) is 10.1. The number of hydrogen-bond acceptors (Lipinski definition) is 4. The Bertz CT molecular complexity index is 473. The van der Waals surface area contributed by atoms with E-state index in [9.17, 15) is 5.11 Å². The first-order valence-electron chi connectivity index (χ1n) is 4.12. The molecule has 0 aliphatic heterocycles. The predicted octanol–water partition coefficient (Wildman–Crippen LogP) is -0.380.